The summed E-state index contributed by atoms with van der Waals surface area (Å²) >= 11 is 3.41. The number of halogens is 2. The summed E-state index contributed by atoms with van der Waals surface area (Å²) in [4.78, 5) is 0.172. The molecular formula is C17H14BrFN2O2S. The van der Waals surface area contributed by atoms with Gasteiger partial charge in [0.25, 0.3) is 10.0 Å². The first-order chi connectivity index (χ1) is 11.4. The van der Waals surface area contributed by atoms with Crippen LogP contribution in [0.4, 0.5) is 10.2 Å². The molecule has 7 heteroatoms. The molecule has 1 aromatic heterocycles. The zero-order chi connectivity index (χ0) is 17.3. The van der Waals surface area contributed by atoms with Crippen LogP contribution in [0.3, 0.4) is 0 Å². The standard InChI is InChI=1S/C17H14BrFN2O2S/c1-12-16(18)11-17(21(12)14-9-7-13(19)8-10-14)20-24(22,23)15-5-3-2-4-6-15/h2-11,20H,1H3. The van der Waals surface area contributed by atoms with Crippen molar-refractivity contribution in [2.45, 2.75) is 11.8 Å². The summed E-state index contributed by atoms with van der Waals surface area (Å²) in [7, 11) is -3.72. The third kappa shape index (κ3) is 3.22. The second-order valence-electron chi connectivity index (χ2n) is 5.19. The summed E-state index contributed by atoms with van der Waals surface area (Å²) in [6.45, 7) is 1.84. The molecule has 0 unspecified atom stereocenters. The average Bonchev–Trinajstić information content (AvgIpc) is 2.83. The molecule has 3 aromatic rings. The van der Waals surface area contributed by atoms with Crippen LogP contribution >= 0.6 is 15.9 Å². The fourth-order valence-corrected chi connectivity index (χ4v) is 3.82. The Morgan fingerprint density at radius 3 is 2.29 bits per heavy atom. The van der Waals surface area contributed by atoms with E-state index in [1.807, 2.05) is 6.92 Å². The van der Waals surface area contributed by atoms with Crippen molar-refractivity contribution in [3.8, 4) is 5.69 Å². The molecule has 0 aliphatic rings. The highest BCUT2D eigenvalue weighted by atomic mass is 79.9. The number of hydrogen-bond acceptors (Lipinski definition) is 2. The van der Waals surface area contributed by atoms with Crippen LogP contribution in [0.25, 0.3) is 5.69 Å². The van der Waals surface area contributed by atoms with E-state index >= 15 is 0 Å². The Morgan fingerprint density at radius 1 is 1.04 bits per heavy atom. The molecule has 24 heavy (non-hydrogen) atoms. The summed E-state index contributed by atoms with van der Waals surface area (Å²) in [5.74, 6) is 0.0175. The zero-order valence-corrected chi connectivity index (χ0v) is 15.1. The van der Waals surface area contributed by atoms with Crippen molar-refractivity contribution < 1.29 is 12.8 Å². The second kappa shape index (κ2) is 6.41. The van der Waals surface area contributed by atoms with Gasteiger partial charge >= 0.3 is 0 Å². The lowest BCUT2D eigenvalue weighted by molar-refractivity contribution is 0.601. The number of nitrogens with one attached hydrogen (secondary N) is 1. The van der Waals surface area contributed by atoms with Gasteiger partial charge in [-0.1, -0.05) is 18.2 Å². The van der Waals surface area contributed by atoms with Crippen molar-refractivity contribution >= 4 is 31.8 Å². The average molecular weight is 409 g/mol. The van der Waals surface area contributed by atoms with Crippen LogP contribution in [-0.4, -0.2) is 13.0 Å². The first kappa shape index (κ1) is 16.7. The molecule has 0 saturated carbocycles. The maximum atomic E-state index is 13.2. The number of benzene rings is 2. The molecule has 0 saturated heterocycles. The number of nitrogens with zero attached hydrogens (tertiary/aromatic N) is 1. The van der Waals surface area contributed by atoms with Crippen LogP contribution in [0.15, 0.2) is 70.0 Å². The normalized spacial score (nSPS) is 11.5. The van der Waals surface area contributed by atoms with Gasteiger partial charge in [0.1, 0.15) is 11.6 Å². The lowest BCUT2D eigenvalue weighted by Gasteiger charge is -2.14. The first-order valence-corrected chi connectivity index (χ1v) is 9.38. The van der Waals surface area contributed by atoms with Gasteiger partial charge in [0.05, 0.1) is 4.90 Å². The Balaban J connectivity index is 2.06. The number of rotatable bonds is 4. The smallest absolute Gasteiger partial charge is 0.263 e. The van der Waals surface area contributed by atoms with E-state index in [2.05, 4.69) is 20.7 Å². The third-order valence-electron chi connectivity index (χ3n) is 3.56. The molecule has 1 heterocycles. The minimum Gasteiger partial charge on any atom is -0.299 e. The minimum atomic E-state index is -3.72. The molecule has 124 valence electrons. The van der Waals surface area contributed by atoms with Gasteiger partial charge in [0.2, 0.25) is 0 Å². The van der Waals surface area contributed by atoms with E-state index in [4.69, 9.17) is 0 Å². The molecule has 2 aromatic carbocycles. The van der Waals surface area contributed by atoms with Crippen LogP contribution in [0.5, 0.6) is 0 Å². The molecule has 0 radical (unpaired) electrons. The molecule has 0 amide bonds. The summed E-state index contributed by atoms with van der Waals surface area (Å²) in [6.07, 6.45) is 0. The Morgan fingerprint density at radius 2 is 1.67 bits per heavy atom. The minimum absolute atomic E-state index is 0.172. The van der Waals surface area contributed by atoms with E-state index in [1.54, 1.807) is 41.0 Å². The fraction of sp³-hybridized carbons (Fsp3) is 0.0588. The van der Waals surface area contributed by atoms with E-state index in [1.165, 1.54) is 24.3 Å². The van der Waals surface area contributed by atoms with Crippen LogP contribution < -0.4 is 4.72 Å². The maximum Gasteiger partial charge on any atom is 0.263 e. The summed E-state index contributed by atoms with van der Waals surface area (Å²) in [6, 6.07) is 15.6. The van der Waals surface area contributed by atoms with E-state index in [0.717, 1.165) is 10.2 Å². The molecule has 0 aliphatic heterocycles. The Bertz CT molecular complexity index is 968. The van der Waals surface area contributed by atoms with E-state index < -0.39 is 10.0 Å². The van der Waals surface area contributed by atoms with Crippen molar-refractivity contribution in [1.82, 2.24) is 4.57 Å². The topological polar surface area (TPSA) is 51.1 Å². The highest BCUT2D eigenvalue weighted by Gasteiger charge is 2.19. The van der Waals surface area contributed by atoms with Gasteiger partial charge < -0.3 is 0 Å². The molecule has 1 N–H and O–H groups in total. The Labute approximate surface area is 148 Å². The van der Waals surface area contributed by atoms with E-state index in [-0.39, 0.29) is 10.7 Å². The predicted octanol–water partition coefficient (Wildman–Crippen LogP) is 4.49. The van der Waals surface area contributed by atoms with Crippen LogP contribution in [0, 0.1) is 12.7 Å². The Kier molecular flexibility index (Phi) is 4.47. The molecular weight excluding hydrogens is 395 g/mol. The molecule has 4 nitrogen and oxygen atoms in total. The molecule has 0 aliphatic carbocycles. The van der Waals surface area contributed by atoms with Gasteiger partial charge in [-0.05, 0) is 65.3 Å². The number of hydrogen-bond donors (Lipinski definition) is 1. The summed E-state index contributed by atoms with van der Waals surface area (Å²) in [5.41, 5.74) is 1.46. The quantitative estimate of drug-likeness (QED) is 0.691. The predicted molar refractivity (Wildman–Crippen MR) is 95.4 cm³/mol. The van der Waals surface area contributed by atoms with Crippen LogP contribution in [-0.2, 0) is 10.0 Å². The van der Waals surface area contributed by atoms with E-state index in [9.17, 15) is 12.8 Å². The molecule has 3 rings (SSSR count). The lowest BCUT2D eigenvalue weighted by Crippen LogP contribution is -2.15. The van der Waals surface area contributed by atoms with Crippen LogP contribution in [0.1, 0.15) is 5.69 Å². The SMILES string of the molecule is Cc1c(Br)cc(NS(=O)(=O)c2ccccc2)n1-c1ccc(F)cc1. The maximum absolute atomic E-state index is 13.2. The van der Waals surface area contributed by atoms with Crippen molar-refractivity contribution in [1.29, 1.82) is 0 Å². The number of aromatic nitrogens is 1. The van der Waals surface area contributed by atoms with Crippen molar-refractivity contribution in [2.24, 2.45) is 0 Å². The molecule has 0 spiro atoms. The largest absolute Gasteiger partial charge is 0.299 e. The highest BCUT2D eigenvalue weighted by molar-refractivity contribution is 9.10. The zero-order valence-electron chi connectivity index (χ0n) is 12.7. The van der Waals surface area contributed by atoms with E-state index in [0.29, 0.717) is 11.5 Å². The first-order valence-electron chi connectivity index (χ1n) is 7.10. The molecule has 0 atom stereocenters. The second-order valence-corrected chi connectivity index (χ2v) is 7.73. The van der Waals surface area contributed by atoms with Crippen molar-refractivity contribution in [3.63, 3.8) is 0 Å². The Hall–Kier alpha value is -2.12. The van der Waals surface area contributed by atoms with Crippen molar-refractivity contribution in [3.05, 3.63) is 76.6 Å². The van der Waals surface area contributed by atoms with Crippen molar-refractivity contribution in [2.75, 3.05) is 4.72 Å². The van der Waals surface area contributed by atoms with Gasteiger partial charge in [0, 0.05) is 15.9 Å². The van der Waals surface area contributed by atoms with Gasteiger partial charge in [-0.15, -0.1) is 0 Å². The lowest BCUT2D eigenvalue weighted by atomic mass is 10.3. The van der Waals surface area contributed by atoms with Gasteiger partial charge in [-0.25, -0.2) is 12.8 Å². The third-order valence-corrected chi connectivity index (χ3v) is 5.74. The molecule has 0 fully saturated rings. The summed E-state index contributed by atoms with van der Waals surface area (Å²) < 4.78 is 43.3. The van der Waals surface area contributed by atoms with Gasteiger partial charge in [-0.3, -0.25) is 9.29 Å². The number of anilines is 1. The highest BCUT2D eigenvalue weighted by Crippen LogP contribution is 2.30. The van der Waals surface area contributed by atoms with Gasteiger partial charge in [0.15, 0.2) is 0 Å². The molecule has 0 bridgehead atoms. The fourth-order valence-electron chi connectivity index (χ4n) is 2.37. The van der Waals surface area contributed by atoms with Gasteiger partial charge in [-0.2, -0.15) is 0 Å². The van der Waals surface area contributed by atoms with Crippen LogP contribution in [0.2, 0.25) is 0 Å². The number of sulfonamides is 1. The summed E-state index contributed by atoms with van der Waals surface area (Å²) in [5, 5.41) is 0. The monoisotopic (exact) mass is 408 g/mol.